The molecule has 3 aromatic heterocycles. The number of aromatic nitrogens is 4. The average molecular weight is 653 g/mol. The number of hydrogen-bond donors (Lipinski definition) is 3. The van der Waals surface area contributed by atoms with Crippen molar-refractivity contribution in [2.45, 2.75) is 71.5 Å². The molecule has 0 spiro atoms. The second-order valence-corrected chi connectivity index (χ2v) is 12.5. The van der Waals surface area contributed by atoms with E-state index in [0.29, 0.717) is 19.6 Å². The van der Waals surface area contributed by atoms with Gasteiger partial charge in [0.1, 0.15) is 22.4 Å². The summed E-state index contributed by atoms with van der Waals surface area (Å²) in [6.07, 6.45) is -3.54. The highest BCUT2D eigenvalue weighted by atomic mass is 19.4. The molecule has 6 rings (SSSR count). The highest BCUT2D eigenvalue weighted by Gasteiger charge is 2.46. The van der Waals surface area contributed by atoms with Crippen LogP contribution in [0, 0.1) is 24.0 Å². The summed E-state index contributed by atoms with van der Waals surface area (Å²) in [7, 11) is 0. The Morgan fingerprint density at radius 2 is 1.83 bits per heavy atom. The number of rotatable bonds is 6. The Balaban J connectivity index is 1.48. The number of hydrogen-bond acceptors (Lipinski definition) is 11. The van der Waals surface area contributed by atoms with Gasteiger partial charge in [0.05, 0.1) is 48.4 Å². The number of nitrogens with two attached hydrogens (primary N) is 1. The van der Waals surface area contributed by atoms with Gasteiger partial charge < -0.3 is 25.3 Å². The summed E-state index contributed by atoms with van der Waals surface area (Å²) < 4.78 is 92.8. The number of aryl methyl sites for hydroxylation is 1. The zero-order chi connectivity index (χ0) is 33.0. The van der Waals surface area contributed by atoms with Crippen molar-refractivity contribution in [3.63, 3.8) is 0 Å². The van der Waals surface area contributed by atoms with Crippen LogP contribution in [0.5, 0.6) is 11.9 Å². The minimum absolute atomic E-state index is 0.0212. The van der Waals surface area contributed by atoms with Crippen LogP contribution in [-0.4, -0.2) is 82.6 Å². The molecule has 16 heteroatoms. The van der Waals surface area contributed by atoms with Crippen LogP contribution in [0.3, 0.4) is 0 Å². The van der Waals surface area contributed by atoms with Crippen LogP contribution < -0.4 is 25.8 Å². The van der Waals surface area contributed by atoms with Crippen LogP contribution in [0.4, 0.5) is 33.6 Å². The molecule has 2 fully saturated rings. The van der Waals surface area contributed by atoms with E-state index in [1.807, 2.05) is 13.8 Å². The molecule has 250 valence electrons. The first-order valence-electron chi connectivity index (χ1n) is 15.3. The second-order valence-electron chi connectivity index (χ2n) is 12.5. The van der Waals surface area contributed by atoms with Crippen molar-refractivity contribution in [1.29, 1.82) is 0 Å². The van der Waals surface area contributed by atoms with Crippen molar-refractivity contribution >= 4 is 22.5 Å². The van der Waals surface area contributed by atoms with Crippen molar-refractivity contribution in [2.24, 2.45) is 5.41 Å². The molecule has 11 nitrogen and oxygen atoms in total. The zero-order valence-corrected chi connectivity index (χ0v) is 26.0. The molecule has 1 aliphatic carbocycles. The van der Waals surface area contributed by atoms with Gasteiger partial charge in [0.2, 0.25) is 5.88 Å². The molecular formula is C30H37F5N8O3. The predicted molar refractivity (Wildman–Crippen MR) is 159 cm³/mol. The Hall–Kier alpha value is -3.63. The number of halogens is 5. The lowest BCUT2D eigenvalue weighted by Crippen LogP contribution is -2.44. The smallest absolute Gasteiger partial charge is 0.418 e. The number of pyridine rings is 2. The van der Waals surface area contributed by atoms with Gasteiger partial charge in [0.25, 0.3) is 0 Å². The maximum absolute atomic E-state index is 16.6. The van der Waals surface area contributed by atoms with Crippen molar-refractivity contribution in [3.05, 3.63) is 22.9 Å². The van der Waals surface area contributed by atoms with E-state index in [2.05, 4.69) is 35.5 Å². The first kappa shape index (κ1) is 32.3. The first-order chi connectivity index (χ1) is 21.7. The van der Waals surface area contributed by atoms with Gasteiger partial charge in [-0.1, -0.05) is 0 Å². The van der Waals surface area contributed by atoms with Crippen molar-refractivity contribution in [3.8, 4) is 23.1 Å². The molecule has 0 bridgehead atoms. The number of ether oxygens (including phenoxy) is 3. The standard InChI is InChI=1S/C30H37F5N8O3/c1-14-5-8-37-17(4)39-26-19-24(41-28(42-26)45-13-29(6-7-29)12-43-9-10-44-15(2)11-43)22(32)23(40-27(19)46-14)18-20(30(33,34)35)16(3)38-25(36)21(18)31/h14-15,17,37H,5-13H2,1-4H3,(H2,36,38)(H,39,41,42)/t14-,15+,17-/m0/s1. The largest absolute Gasteiger partial charge is 0.474 e. The third kappa shape index (κ3) is 6.47. The summed E-state index contributed by atoms with van der Waals surface area (Å²) in [6.45, 7) is 10.4. The van der Waals surface area contributed by atoms with Gasteiger partial charge >= 0.3 is 12.2 Å². The molecule has 0 unspecified atom stereocenters. The summed E-state index contributed by atoms with van der Waals surface area (Å²) in [4.78, 5) is 18.8. The first-order valence-corrected chi connectivity index (χ1v) is 15.3. The van der Waals surface area contributed by atoms with E-state index in [1.54, 1.807) is 6.92 Å². The molecule has 5 heterocycles. The number of morpholine rings is 1. The third-order valence-corrected chi connectivity index (χ3v) is 8.61. The molecule has 4 N–H and O–H groups in total. The Morgan fingerprint density at radius 3 is 2.52 bits per heavy atom. The molecular weight excluding hydrogens is 615 g/mol. The Kier molecular flexibility index (Phi) is 8.56. The molecule has 2 aliphatic heterocycles. The molecule has 0 radical (unpaired) electrons. The normalized spacial score (nSPS) is 23.5. The number of nitrogens with one attached hydrogen (secondary N) is 2. The SMILES string of the molecule is Cc1nc(N)c(F)c(-c2nc3c4c(nc(OCC5(CN6CCO[C@H](C)C6)CC5)nc4c2F)N[C@@H](C)NCC[C@H](C)O3)c1C(F)(F)F. The molecule has 0 amide bonds. The quantitative estimate of drug-likeness (QED) is 0.321. The van der Waals surface area contributed by atoms with Gasteiger partial charge in [0, 0.05) is 31.6 Å². The minimum atomic E-state index is -5.11. The van der Waals surface area contributed by atoms with Crippen molar-refractivity contribution < 1.29 is 36.2 Å². The Morgan fingerprint density at radius 1 is 1.07 bits per heavy atom. The number of anilines is 2. The van der Waals surface area contributed by atoms with Crippen LogP contribution >= 0.6 is 0 Å². The molecule has 3 aromatic rings. The van der Waals surface area contributed by atoms with Gasteiger partial charge in [-0.05, 0) is 47.0 Å². The monoisotopic (exact) mass is 652 g/mol. The van der Waals surface area contributed by atoms with Crippen molar-refractivity contribution in [2.75, 3.05) is 50.4 Å². The maximum Gasteiger partial charge on any atom is 0.418 e. The fraction of sp³-hybridized carbons (Fsp3) is 0.600. The van der Waals surface area contributed by atoms with Crippen LogP contribution in [0.2, 0.25) is 0 Å². The van der Waals surface area contributed by atoms with E-state index in [4.69, 9.17) is 19.9 Å². The van der Waals surface area contributed by atoms with Crippen LogP contribution in [0.25, 0.3) is 22.2 Å². The summed E-state index contributed by atoms with van der Waals surface area (Å²) >= 11 is 0. The summed E-state index contributed by atoms with van der Waals surface area (Å²) in [5, 5.41) is 6.40. The zero-order valence-electron chi connectivity index (χ0n) is 26.0. The van der Waals surface area contributed by atoms with E-state index in [9.17, 15) is 13.2 Å². The van der Waals surface area contributed by atoms with Gasteiger partial charge in [0.15, 0.2) is 17.5 Å². The molecule has 1 saturated carbocycles. The van der Waals surface area contributed by atoms with Gasteiger partial charge in [-0.15, -0.1) is 0 Å². The van der Waals surface area contributed by atoms with Gasteiger partial charge in [-0.3, -0.25) is 10.2 Å². The number of nitrogens with zero attached hydrogens (tertiary/aromatic N) is 5. The van der Waals surface area contributed by atoms with E-state index in [-0.39, 0.29) is 47.4 Å². The molecule has 3 atom stereocenters. The number of nitrogen functional groups attached to an aromatic ring is 1. The van der Waals surface area contributed by atoms with E-state index >= 15 is 8.78 Å². The van der Waals surface area contributed by atoms with Crippen LogP contribution in [0.1, 0.15) is 51.3 Å². The lowest BCUT2D eigenvalue weighted by Gasteiger charge is -2.33. The van der Waals surface area contributed by atoms with Crippen molar-refractivity contribution in [1.82, 2.24) is 30.2 Å². The van der Waals surface area contributed by atoms with Gasteiger partial charge in [-0.25, -0.2) is 18.7 Å². The van der Waals surface area contributed by atoms with E-state index in [1.165, 1.54) is 0 Å². The highest BCUT2D eigenvalue weighted by molar-refractivity contribution is 5.96. The fourth-order valence-electron chi connectivity index (χ4n) is 6.07. The lowest BCUT2D eigenvalue weighted by atomic mass is 10.0. The number of alkyl halides is 3. The van der Waals surface area contributed by atoms with Crippen LogP contribution in [0.15, 0.2) is 0 Å². The molecule has 1 saturated heterocycles. The van der Waals surface area contributed by atoms with E-state index < -0.39 is 57.8 Å². The van der Waals surface area contributed by atoms with Gasteiger partial charge in [-0.2, -0.15) is 23.1 Å². The Bertz CT molecular complexity index is 1640. The fourth-order valence-corrected chi connectivity index (χ4v) is 6.07. The topological polar surface area (TPSA) is 133 Å². The summed E-state index contributed by atoms with van der Waals surface area (Å²) in [5.41, 5.74) is 0.769. The summed E-state index contributed by atoms with van der Waals surface area (Å²) in [5.74, 6) is -3.87. The maximum atomic E-state index is 16.6. The lowest BCUT2D eigenvalue weighted by molar-refractivity contribution is -0.138. The molecule has 0 aromatic carbocycles. The second kappa shape index (κ2) is 12.2. The molecule has 3 aliphatic rings. The predicted octanol–water partition coefficient (Wildman–Crippen LogP) is 4.67. The highest BCUT2D eigenvalue weighted by Crippen LogP contribution is 2.48. The van der Waals surface area contributed by atoms with Crippen LogP contribution in [-0.2, 0) is 10.9 Å². The molecule has 46 heavy (non-hydrogen) atoms. The Labute approximate surface area is 262 Å². The third-order valence-electron chi connectivity index (χ3n) is 8.61. The van der Waals surface area contributed by atoms with E-state index in [0.717, 1.165) is 39.4 Å². The minimum Gasteiger partial charge on any atom is -0.474 e. The summed E-state index contributed by atoms with van der Waals surface area (Å²) in [6, 6.07) is -0.196. The average Bonchev–Trinajstić information content (AvgIpc) is 3.73.